The van der Waals surface area contributed by atoms with Gasteiger partial charge in [-0.25, -0.2) is 4.79 Å². The summed E-state index contributed by atoms with van der Waals surface area (Å²) >= 11 is 0. The third kappa shape index (κ3) is 9.91. The Morgan fingerprint density at radius 3 is 2.29 bits per heavy atom. The van der Waals surface area contributed by atoms with Crippen LogP contribution in [0.4, 0.5) is 0 Å². The molecule has 0 aliphatic carbocycles. The first-order chi connectivity index (χ1) is 22.9. The van der Waals surface area contributed by atoms with E-state index in [1.807, 2.05) is 20.9 Å². The number of carbonyl (C=O) groups excluding carboxylic acids is 2. The highest BCUT2D eigenvalue weighted by Gasteiger charge is 2.49. The SMILES string of the molecule is CC[C@H]1OC(=O)[C@H](C)[C@@H](O)[C@H](C)[C@@H](O[C@@H]2O[C@H](C)C[C@H](NC)[C@H]2Oc2ccc(C(=O)OC)cc2)[C@](C)(O)C[C@@H](C)CN[C@H](C)[C@@H](O)[C@]1(C)O. The Labute approximate surface area is 291 Å². The zero-order valence-electron chi connectivity index (χ0n) is 30.7. The Bertz CT molecular complexity index is 1210. The fourth-order valence-corrected chi connectivity index (χ4v) is 7.23. The average Bonchev–Trinajstić information content (AvgIpc) is 3.06. The molecule has 2 fully saturated rings. The molecule has 1 aromatic carbocycles. The van der Waals surface area contributed by atoms with Crippen LogP contribution in [0.25, 0.3) is 0 Å². The molecular weight excluding hydrogens is 636 g/mol. The van der Waals surface area contributed by atoms with Crippen molar-refractivity contribution >= 4 is 11.9 Å². The van der Waals surface area contributed by atoms with Gasteiger partial charge in [0, 0.05) is 12.0 Å². The number of hydrogen-bond acceptors (Lipinski definition) is 13. The number of cyclic esters (lactones) is 1. The number of esters is 2. The molecular formula is C36H60N2O11. The largest absolute Gasteiger partial charge is 0.483 e. The van der Waals surface area contributed by atoms with Gasteiger partial charge >= 0.3 is 11.9 Å². The van der Waals surface area contributed by atoms with Gasteiger partial charge < -0.3 is 54.7 Å². The lowest BCUT2D eigenvalue weighted by atomic mass is 9.78. The van der Waals surface area contributed by atoms with Crippen molar-refractivity contribution in [2.45, 2.75) is 141 Å². The summed E-state index contributed by atoms with van der Waals surface area (Å²) in [6.45, 7) is 14.0. The maximum absolute atomic E-state index is 13.5. The Hall–Kier alpha value is -2.36. The fraction of sp³-hybridized carbons (Fsp3) is 0.778. The van der Waals surface area contributed by atoms with Crippen molar-refractivity contribution in [3.8, 4) is 5.75 Å². The smallest absolute Gasteiger partial charge is 0.337 e. The standard InChI is InChI=1S/C36H60N2O11/c1-11-27-36(8,44)30(40)23(6)38-18-19(2)17-35(7,43)31(21(4)28(39)22(5)32(41)48-27)49-34-29(26(37-9)16-20(3)46-34)47-25-14-12-24(13-15-25)33(42)45-10/h12-15,19-23,26-31,34,37-40,43-44H,11,16-18H2,1-10H3/t19-,20-,21+,22-,23-,26+,27-,28+,29-,30-,31-,34+,35-,36-/m1/s1. The van der Waals surface area contributed by atoms with Crippen LogP contribution in [0.3, 0.4) is 0 Å². The van der Waals surface area contributed by atoms with E-state index in [-0.39, 0.29) is 30.9 Å². The van der Waals surface area contributed by atoms with Gasteiger partial charge in [0.25, 0.3) is 0 Å². The number of methoxy groups -OCH3 is 1. The predicted molar refractivity (Wildman–Crippen MR) is 182 cm³/mol. The van der Waals surface area contributed by atoms with Gasteiger partial charge in [-0.2, -0.15) is 0 Å². The molecule has 0 saturated carbocycles. The van der Waals surface area contributed by atoms with Crippen LogP contribution in [0.2, 0.25) is 0 Å². The normalized spacial score (nSPS) is 41.6. The third-order valence-electron chi connectivity index (χ3n) is 10.2. The maximum atomic E-state index is 13.5. The summed E-state index contributed by atoms with van der Waals surface area (Å²) in [5.41, 5.74) is -2.96. The van der Waals surface area contributed by atoms with Gasteiger partial charge in [0.05, 0.1) is 48.5 Å². The van der Waals surface area contributed by atoms with Gasteiger partial charge in [0.2, 0.25) is 0 Å². The topological polar surface area (TPSA) is 185 Å². The lowest BCUT2D eigenvalue weighted by Crippen LogP contribution is -2.60. The summed E-state index contributed by atoms with van der Waals surface area (Å²) in [6, 6.07) is 5.69. The number of ether oxygens (including phenoxy) is 5. The zero-order chi connectivity index (χ0) is 36.8. The van der Waals surface area contributed by atoms with Crippen LogP contribution in [-0.4, -0.2) is 119 Å². The van der Waals surface area contributed by atoms with Gasteiger partial charge in [-0.3, -0.25) is 4.79 Å². The van der Waals surface area contributed by atoms with E-state index in [0.717, 1.165) is 0 Å². The van der Waals surface area contributed by atoms with Crippen LogP contribution in [-0.2, 0) is 23.7 Å². The molecule has 0 aromatic heterocycles. The molecule has 0 radical (unpaired) electrons. The van der Waals surface area contributed by atoms with Crippen molar-refractivity contribution in [2.75, 3.05) is 20.7 Å². The Balaban J connectivity index is 2.01. The Morgan fingerprint density at radius 2 is 1.71 bits per heavy atom. The number of aliphatic hydroxyl groups is 4. The van der Waals surface area contributed by atoms with Crippen LogP contribution in [0, 0.1) is 17.8 Å². The molecule has 13 heteroatoms. The summed E-state index contributed by atoms with van der Waals surface area (Å²) in [7, 11) is 3.12. The first-order valence-electron chi connectivity index (χ1n) is 17.5. The summed E-state index contributed by atoms with van der Waals surface area (Å²) in [5, 5.41) is 52.8. The highest BCUT2D eigenvalue weighted by atomic mass is 16.7. The predicted octanol–water partition coefficient (Wildman–Crippen LogP) is 2.16. The van der Waals surface area contributed by atoms with E-state index in [1.54, 1.807) is 52.0 Å². The van der Waals surface area contributed by atoms with Crippen LogP contribution < -0.4 is 15.4 Å². The molecule has 3 rings (SSSR count). The average molecular weight is 697 g/mol. The van der Waals surface area contributed by atoms with E-state index in [0.29, 0.717) is 24.3 Å². The number of benzene rings is 1. The zero-order valence-corrected chi connectivity index (χ0v) is 30.7. The second-order valence-electron chi connectivity index (χ2n) is 14.6. The minimum absolute atomic E-state index is 0.149. The minimum atomic E-state index is -1.78. The number of carbonyl (C=O) groups is 2. The van der Waals surface area contributed by atoms with Crippen molar-refractivity contribution in [1.82, 2.24) is 10.6 Å². The number of rotatable bonds is 7. The molecule has 0 bridgehead atoms. The molecule has 2 aliphatic heterocycles. The van der Waals surface area contributed by atoms with Crippen molar-refractivity contribution in [2.24, 2.45) is 17.8 Å². The van der Waals surface area contributed by atoms with Crippen molar-refractivity contribution < 1.29 is 53.7 Å². The lowest BCUT2D eigenvalue weighted by Gasteiger charge is -2.46. The van der Waals surface area contributed by atoms with Crippen LogP contribution in [0.15, 0.2) is 24.3 Å². The monoisotopic (exact) mass is 696 g/mol. The van der Waals surface area contributed by atoms with E-state index in [9.17, 15) is 30.0 Å². The molecule has 0 spiro atoms. The molecule has 280 valence electrons. The molecule has 14 atom stereocenters. The van der Waals surface area contributed by atoms with E-state index in [1.165, 1.54) is 21.0 Å². The lowest BCUT2D eigenvalue weighted by molar-refractivity contribution is -0.290. The first kappa shape index (κ1) is 41.1. The van der Waals surface area contributed by atoms with Gasteiger partial charge in [-0.05, 0) is 97.7 Å². The van der Waals surface area contributed by atoms with E-state index >= 15 is 0 Å². The number of likely N-dealkylation sites (N-methyl/N-ethyl adjacent to an activating group) is 1. The van der Waals surface area contributed by atoms with Gasteiger partial charge in [0.15, 0.2) is 12.4 Å². The van der Waals surface area contributed by atoms with E-state index in [4.69, 9.17) is 23.7 Å². The second kappa shape index (κ2) is 17.2. The Kier molecular flexibility index (Phi) is 14.4. The fourth-order valence-electron chi connectivity index (χ4n) is 7.23. The maximum Gasteiger partial charge on any atom is 0.337 e. The van der Waals surface area contributed by atoms with E-state index in [2.05, 4.69) is 10.6 Å². The van der Waals surface area contributed by atoms with Gasteiger partial charge in [-0.15, -0.1) is 0 Å². The molecule has 0 amide bonds. The highest BCUT2D eigenvalue weighted by molar-refractivity contribution is 5.89. The van der Waals surface area contributed by atoms with Crippen molar-refractivity contribution in [3.63, 3.8) is 0 Å². The number of nitrogens with one attached hydrogen (secondary N) is 2. The molecule has 49 heavy (non-hydrogen) atoms. The van der Waals surface area contributed by atoms with Crippen LogP contribution in [0.1, 0.15) is 85.0 Å². The third-order valence-corrected chi connectivity index (χ3v) is 10.2. The number of hydrogen-bond donors (Lipinski definition) is 6. The Morgan fingerprint density at radius 1 is 1.08 bits per heavy atom. The quantitative estimate of drug-likeness (QED) is 0.228. The second-order valence-corrected chi connectivity index (χ2v) is 14.6. The molecule has 2 aliphatic rings. The van der Waals surface area contributed by atoms with Gasteiger partial charge in [0.1, 0.15) is 23.6 Å². The molecule has 6 N–H and O–H groups in total. The van der Waals surface area contributed by atoms with Crippen LogP contribution >= 0.6 is 0 Å². The van der Waals surface area contributed by atoms with Gasteiger partial charge in [-0.1, -0.05) is 20.8 Å². The molecule has 2 saturated heterocycles. The number of aliphatic hydroxyl groups excluding tert-OH is 2. The summed E-state index contributed by atoms with van der Waals surface area (Å²) in [4.78, 5) is 25.4. The summed E-state index contributed by atoms with van der Waals surface area (Å²) in [6.07, 6.45) is -5.64. The molecule has 2 heterocycles. The summed E-state index contributed by atoms with van der Waals surface area (Å²) < 4.78 is 30.0. The molecule has 13 nitrogen and oxygen atoms in total. The van der Waals surface area contributed by atoms with Crippen molar-refractivity contribution in [1.29, 1.82) is 0 Å². The van der Waals surface area contributed by atoms with Crippen LogP contribution in [0.5, 0.6) is 5.75 Å². The highest BCUT2D eigenvalue weighted by Crippen LogP contribution is 2.36. The van der Waals surface area contributed by atoms with E-state index < -0.39 is 77.8 Å². The summed E-state index contributed by atoms with van der Waals surface area (Å²) in [5.74, 6) is -2.81. The van der Waals surface area contributed by atoms with Crippen molar-refractivity contribution in [3.05, 3.63) is 29.8 Å². The molecule has 0 unspecified atom stereocenters. The molecule has 1 aromatic rings. The first-order valence-corrected chi connectivity index (χ1v) is 17.5. The minimum Gasteiger partial charge on any atom is -0.483 e.